The third-order valence-corrected chi connectivity index (χ3v) is 11.1. The monoisotopic (exact) mass is 710 g/mol. The van der Waals surface area contributed by atoms with E-state index in [0.717, 1.165) is 52.6 Å². The summed E-state index contributed by atoms with van der Waals surface area (Å²) >= 11 is 0. The van der Waals surface area contributed by atoms with E-state index in [0.29, 0.717) is 31.6 Å². The van der Waals surface area contributed by atoms with Crippen LogP contribution < -0.4 is 16.0 Å². The van der Waals surface area contributed by atoms with Crippen LogP contribution in [0.4, 0.5) is 4.79 Å². The Labute approximate surface area is 309 Å². The molecule has 3 aromatic rings. The number of hydrogen-bond donors (Lipinski definition) is 4. The fourth-order valence-corrected chi connectivity index (χ4v) is 8.44. The molecule has 9 heteroatoms. The summed E-state index contributed by atoms with van der Waals surface area (Å²) in [4.78, 5) is 28.5. The maximum atomic E-state index is 13.9. The average molecular weight is 711 g/mol. The van der Waals surface area contributed by atoms with Crippen LogP contribution in [0.25, 0.3) is 11.1 Å². The van der Waals surface area contributed by atoms with E-state index in [-0.39, 0.29) is 48.3 Å². The molecule has 7 atom stereocenters. The van der Waals surface area contributed by atoms with Gasteiger partial charge in [-0.3, -0.25) is 9.69 Å². The minimum absolute atomic E-state index is 0.00933. The number of urea groups is 1. The SMILES string of the molecule is CCNC(=O)NCc1ccccc1-c1ccc([C@@H]2O[C@H](CN3[C@@H](C(=O)NC(C)(C)C)CC[C@H]4CCCC[C@H]43)[C@H](C)[C@H](c3ccc(CO)cc3)O2)cc1. The number of amides is 3. The Kier molecular flexibility index (Phi) is 12.4. The minimum Gasteiger partial charge on any atom is -0.392 e. The van der Waals surface area contributed by atoms with Gasteiger partial charge in [0.2, 0.25) is 5.91 Å². The van der Waals surface area contributed by atoms with Gasteiger partial charge in [-0.25, -0.2) is 4.79 Å². The fourth-order valence-electron chi connectivity index (χ4n) is 8.44. The summed E-state index contributed by atoms with van der Waals surface area (Å²) < 4.78 is 13.8. The van der Waals surface area contributed by atoms with Crippen molar-refractivity contribution in [2.45, 2.75) is 122 Å². The van der Waals surface area contributed by atoms with Crippen LogP contribution in [0, 0.1) is 11.8 Å². The predicted molar refractivity (Wildman–Crippen MR) is 204 cm³/mol. The molecular weight excluding hydrogens is 652 g/mol. The number of aliphatic hydroxyl groups excluding tert-OH is 1. The molecule has 2 aliphatic heterocycles. The molecule has 1 aliphatic carbocycles. The Morgan fingerprint density at radius 3 is 2.29 bits per heavy atom. The molecule has 2 heterocycles. The number of benzene rings is 3. The van der Waals surface area contributed by atoms with E-state index >= 15 is 0 Å². The van der Waals surface area contributed by atoms with Gasteiger partial charge in [-0.2, -0.15) is 0 Å². The summed E-state index contributed by atoms with van der Waals surface area (Å²) in [6.45, 7) is 11.9. The zero-order chi connectivity index (χ0) is 36.8. The molecule has 4 N–H and O–H groups in total. The van der Waals surface area contributed by atoms with E-state index in [4.69, 9.17) is 9.47 Å². The lowest BCUT2D eigenvalue weighted by Gasteiger charge is -2.51. The van der Waals surface area contributed by atoms with Gasteiger partial charge in [0, 0.05) is 42.7 Å². The number of piperidine rings is 1. The molecule has 3 fully saturated rings. The molecule has 3 aromatic carbocycles. The van der Waals surface area contributed by atoms with Gasteiger partial charge in [0.25, 0.3) is 0 Å². The lowest BCUT2D eigenvalue weighted by Crippen LogP contribution is -2.61. The molecule has 6 rings (SSSR count). The van der Waals surface area contributed by atoms with Gasteiger partial charge < -0.3 is 30.5 Å². The van der Waals surface area contributed by atoms with E-state index in [2.05, 4.69) is 91.0 Å². The van der Waals surface area contributed by atoms with Crippen LogP contribution in [0.15, 0.2) is 72.8 Å². The Balaban J connectivity index is 1.28. The van der Waals surface area contributed by atoms with Gasteiger partial charge in [0.1, 0.15) is 0 Å². The molecule has 0 spiro atoms. The van der Waals surface area contributed by atoms with Gasteiger partial charge in [-0.1, -0.05) is 92.6 Å². The second kappa shape index (κ2) is 16.9. The third kappa shape index (κ3) is 9.05. The molecule has 0 unspecified atom stereocenters. The lowest BCUT2D eigenvalue weighted by molar-refractivity contribution is -0.278. The number of likely N-dealkylation sites (tertiary alicyclic amines) is 1. The number of aliphatic hydroxyl groups is 1. The Bertz CT molecular complexity index is 1640. The van der Waals surface area contributed by atoms with Crippen molar-refractivity contribution in [3.8, 4) is 11.1 Å². The van der Waals surface area contributed by atoms with Crippen LogP contribution in [0.1, 0.15) is 108 Å². The van der Waals surface area contributed by atoms with Gasteiger partial charge in [0.15, 0.2) is 6.29 Å². The maximum absolute atomic E-state index is 13.9. The Morgan fingerprint density at radius 2 is 1.58 bits per heavy atom. The molecule has 0 radical (unpaired) electrons. The van der Waals surface area contributed by atoms with Gasteiger partial charge in [0.05, 0.1) is 24.9 Å². The second-order valence-electron chi connectivity index (χ2n) is 16.0. The van der Waals surface area contributed by atoms with Crippen molar-refractivity contribution < 1.29 is 24.2 Å². The van der Waals surface area contributed by atoms with Crippen molar-refractivity contribution in [3.63, 3.8) is 0 Å². The number of ether oxygens (including phenoxy) is 2. The highest BCUT2D eigenvalue weighted by Crippen LogP contribution is 2.44. The number of nitrogens with zero attached hydrogens (tertiary/aromatic N) is 1. The second-order valence-corrected chi connectivity index (χ2v) is 16.0. The average Bonchev–Trinajstić information content (AvgIpc) is 3.14. The van der Waals surface area contributed by atoms with Crippen LogP contribution in [-0.2, 0) is 27.4 Å². The largest absolute Gasteiger partial charge is 0.392 e. The first-order valence-electron chi connectivity index (χ1n) is 19.3. The van der Waals surface area contributed by atoms with Gasteiger partial charge in [-0.05, 0) is 87.1 Å². The predicted octanol–water partition coefficient (Wildman–Crippen LogP) is 7.39. The highest BCUT2D eigenvalue weighted by Gasteiger charge is 2.46. The van der Waals surface area contributed by atoms with Crippen molar-refractivity contribution in [2.24, 2.45) is 11.8 Å². The van der Waals surface area contributed by atoms with E-state index in [9.17, 15) is 14.7 Å². The summed E-state index contributed by atoms with van der Waals surface area (Å²) in [5, 5.41) is 18.8. The third-order valence-electron chi connectivity index (χ3n) is 11.1. The molecule has 3 amide bonds. The normalized spacial score (nSPS) is 26.6. The van der Waals surface area contributed by atoms with E-state index < -0.39 is 6.29 Å². The lowest BCUT2D eigenvalue weighted by atomic mass is 9.75. The Morgan fingerprint density at radius 1 is 0.865 bits per heavy atom. The molecule has 2 saturated heterocycles. The quantitative estimate of drug-likeness (QED) is 0.175. The number of carbonyl (C=O) groups excluding carboxylic acids is 2. The standard InChI is InChI=1S/C43H58N4O5/c1-6-44-42(50)45-25-34-12-7-9-13-35(34)30-19-21-33(22-20-30)41-51-38(28(2)39(52-41)32-17-15-29(27-48)16-18-32)26-47-36-14-10-8-11-31(36)23-24-37(47)40(49)46-43(3,4)5/h7,9,12-13,15-22,28,31,36-39,41,48H,6,8,10-11,14,23-27H2,1-5H3,(H,46,49)(H2,44,45,50)/t28-,31+,36+,37+,38+,39+,41+/m0/s1. The highest BCUT2D eigenvalue weighted by atomic mass is 16.7. The fraction of sp³-hybridized carbons (Fsp3) is 0.535. The first-order chi connectivity index (χ1) is 25.0. The number of rotatable bonds is 10. The summed E-state index contributed by atoms with van der Waals surface area (Å²) in [5.41, 5.74) is 5.64. The van der Waals surface area contributed by atoms with Crippen molar-refractivity contribution in [1.29, 1.82) is 0 Å². The molecular formula is C43H58N4O5. The van der Waals surface area contributed by atoms with Gasteiger partial charge in [-0.15, -0.1) is 0 Å². The van der Waals surface area contributed by atoms with Crippen LogP contribution in [0.3, 0.4) is 0 Å². The molecule has 52 heavy (non-hydrogen) atoms. The van der Waals surface area contributed by atoms with Crippen molar-refractivity contribution >= 4 is 11.9 Å². The first-order valence-corrected chi connectivity index (χ1v) is 19.3. The van der Waals surface area contributed by atoms with Crippen molar-refractivity contribution in [1.82, 2.24) is 20.9 Å². The summed E-state index contributed by atoms with van der Waals surface area (Å²) in [7, 11) is 0. The molecule has 1 saturated carbocycles. The number of carbonyl (C=O) groups is 2. The number of fused-ring (bicyclic) bond motifs is 1. The molecule has 280 valence electrons. The molecule has 3 aliphatic rings. The van der Waals surface area contributed by atoms with Crippen LogP contribution in [-0.4, -0.2) is 58.8 Å². The molecule has 9 nitrogen and oxygen atoms in total. The smallest absolute Gasteiger partial charge is 0.315 e. The zero-order valence-corrected chi connectivity index (χ0v) is 31.6. The van der Waals surface area contributed by atoms with E-state index in [1.165, 1.54) is 19.3 Å². The van der Waals surface area contributed by atoms with E-state index in [1.54, 1.807) is 0 Å². The summed E-state index contributed by atoms with van der Waals surface area (Å²) in [5.74, 6) is 0.725. The molecule has 0 aromatic heterocycles. The van der Waals surface area contributed by atoms with Crippen LogP contribution in [0.5, 0.6) is 0 Å². The minimum atomic E-state index is -0.610. The topological polar surface area (TPSA) is 112 Å². The first kappa shape index (κ1) is 38.0. The summed E-state index contributed by atoms with van der Waals surface area (Å²) in [6.07, 6.45) is 5.69. The van der Waals surface area contributed by atoms with Crippen molar-refractivity contribution in [2.75, 3.05) is 13.1 Å². The number of hydrogen-bond acceptors (Lipinski definition) is 6. The van der Waals surface area contributed by atoms with Crippen molar-refractivity contribution in [3.05, 3.63) is 95.1 Å². The maximum Gasteiger partial charge on any atom is 0.315 e. The van der Waals surface area contributed by atoms with E-state index in [1.807, 2.05) is 37.3 Å². The molecule has 0 bridgehead atoms. The highest BCUT2D eigenvalue weighted by molar-refractivity contribution is 5.82. The Hall–Kier alpha value is -3.76. The van der Waals surface area contributed by atoms with Crippen LogP contribution >= 0.6 is 0 Å². The summed E-state index contributed by atoms with van der Waals surface area (Å²) in [6, 6.07) is 24.4. The number of nitrogens with one attached hydrogen (secondary N) is 3. The zero-order valence-electron chi connectivity index (χ0n) is 31.6. The van der Waals surface area contributed by atoms with Crippen LogP contribution in [0.2, 0.25) is 0 Å². The van der Waals surface area contributed by atoms with Gasteiger partial charge >= 0.3 is 6.03 Å².